The van der Waals surface area contributed by atoms with Crippen LogP contribution in [-0.2, 0) is 0 Å². The summed E-state index contributed by atoms with van der Waals surface area (Å²) in [7, 11) is 0. The van der Waals surface area contributed by atoms with E-state index in [1.165, 1.54) is 63.4 Å². The summed E-state index contributed by atoms with van der Waals surface area (Å²) in [5.41, 5.74) is 3.79. The molecule has 200 valence electrons. The van der Waals surface area contributed by atoms with Crippen LogP contribution in [0, 0.1) is 53.3 Å². The highest BCUT2D eigenvalue weighted by Gasteiger charge is 2.59. The van der Waals surface area contributed by atoms with Crippen LogP contribution in [0.5, 0.6) is 5.75 Å². The van der Waals surface area contributed by atoms with E-state index in [2.05, 4.69) is 65.0 Å². The molecule has 3 saturated carbocycles. The minimum Gasteiger partial charge on any atom is -0.493 e. The lowest BCUT2D eigenvalue weighted by Crippen LogP contribution is -2.50. The zero-order chi connectivity index (χ0) is 25.5. The standard InChI is InChI=1S/C34H52O2/c1-23-9-12-28(13-10-23)36-22-24(2)7-6-8-25(3)30-15-16-31-29-14-11-26-21-27(35)17-19-33(26,4)32(29)18-20-34(30,31)5/h9-13,24-25,27,29-32,35H,6-8,14-22H2,1-5H3/t24?,25-,27+,29+,30-,31+,32+,33+,34-/m1/s1. The Morgan fingerprint density at radius 2 is 1.75 bits per heavy atom. The Hall–Kier alpha value is -1.28. The molecule has 2 heteroatoms. The highest BCUT2D eigenvalue weighted by molar-refractivity contribution is 5.26. The monoisotopic (exact) mass is 492 g/mol. The first kappa shape index (κ1) is 26.3. The van der Waals surface area contributed by atoms with Gasteiger partial charge in [-0.15, -0.1) is 0 Å². The summed E-state index contributed by atoms with van der Waals surface area (Å²) in [6.07, 6.45) is 16.6. The molecule has 1 unspecified atom stereocenters. The molecule has 2 nitrogen and oxygen atoms in total. The molecule has 0 heterocycles. The highest BCUT2D eigenvalue weighted by Crippen LogP contribution is 2.67. The fourth-order valence-electron chi connectivity index (χ4n) is 9.56. The normalized spacial score (nSPS) is 39.4. The minimum atomic E-state index is -0.0941. The van der Waals surface area contributed by atoms with Gasteiger partial charge in [-0.25, -0.2) is 0 Å². The molecular formula is C34H52O2. The number of hydrogen-bond acceptors (Lipinski definition) is 2. The first-order chi connectivity index (χ1) is 17.2. The van der Waals surface area contributed by atoms with Gasteiger partial charge in [0.25, 0.3) is 0 Å². The molecule has 0 spiro atoms. The van der Waals surface area contributed by atoms with Crippen LogP contribution in [0.4, 0.5) is 0 Å². The first-order valence-corrected chi connectivity index (χ1v) is 15.3. The maximum atomic E-state index is 10.3. The average molecular weight is 493 g/mol. The lowest BCUT2D eigenvalue weighted by molar-refractivity contribution is -0.0573. The topological polar surface area (TPSA) is 29.5 Å². The van der Waals surface area contributed by atoms with E-state index in [0.717, 1.165) is 54.8 Å². The summed E-state index contributed by atoms with van der Waals surface area (Å²) in [5, 5.41) is 10.3. The summed E-state index contributed by atoms with van der Waals surface area (Å²) in [4.78, 5) is 0. The van der Waals surface area contributed by atoms with Gasteiger partial charge in [0.15, 0.2) is 0 Å². The summed E-state index contributed by atoms with van der Waals surface area (Å²) in [6, 6.07) is 8.45. The lowest BCUT2D eigenvalue weighted by Gasteiger charge is -2.58. The number of allylic oxidation sites excluding steroid dienone is 1. The van der Waals surface area contributed by atoms with Gasteiger partial charge in [0.05, 0.1) is 12.7 Å². The van der Waals surface area contributed by atoms with Crippen molar-refractivity contribution in [2.45, 2.75) is 111 Å². The Bertz CT molecular complexity index is 918. The van der Waals surface area contributed by atoms with Crippen molar-refractivity contribution in [3.63, 3.8) is 0 Å². The number of benzene rings is 1. The summed E-state index contributed by atoms with van der Waals surface area (Å²) < 4.78 is 6.05. The van der Waals surface area contributed by atoms with Crippen molar-refractivity contribution in [2.75, 3.05) is 6.61 Å². The molecule has 4 aliphatic rings. The van der Waals surface area contributed by atoms with Crippen molar-refractivity contribution in [2.24, 2.45) is 46.3 Å². The van der Waals surface area contributed by atoms with Crippen molar-refractivity contribution >= 4 is 0 Å². The highest BCUT2D eigenvalue weighted by atomic mass is 16.5. The van der Waals surface area contributed by atoms with Crippen LogP contribution in [0.25, 0.3) is 0 Å². The van der Waals surface area contributed by atoms with Crippen molar-refractivity contribution in [1.29, 1.82) is 0 Å². The molecule has 0 saturated heterocycles. The van der Waals surface area contributed by atoms with Gasteiger partial charge in [-0.1, -0.05) is 69.9 Å². The van der Waals surface area contributed by atoms with E-state index in [0.29, 0.717) is 16.7 Å². The zero-order valence-corrected chi connectivity index (χ0v) is 23.8. The lowest BCUT2D eigenvalue weighted by atomic mass is 9.47. The maximum absolute atomic E-state index is 10.3. The van der Waals surface area contributed by atoms with Gasteiger partial charge in [0, 0.05) is 0 Å². The smallest absolute Gasteiger partial charge is 0.119 e. The quantitative estimate of drug-likeness (QED) is 0.368. The zero-order valence-electron chi connectivity index (χ0n) is 23.8. The second-order valence-electron chi connectivity index (χ2n) is 14.0. The minimum absolute atomic E-state index is 0.0941. The van der Waals surface area contributed by atoms with E-state index in [9.17, 15) is 5.11 Å². The molecule has 4 aliphatic carbocycles. The molecule has 0 aliphatic heterocycles. The van der Waals surface area contributed by atoms with E-state index in [1.54, 1.807) is 5.57 Å². The number of aliphatic hydroxyl groups is 1. The van der Waals surface area contributed by atoms with Gasteiger partial charge in [0.2, 0.25) is 0 Å². The molecule has 3 fully saturated rings. The summed E-state index contributed by atoms with van der Waals surface area (Å²) >= 11 is 0. The number of ether oxygens (including phenoxy) is 1. The van der Waals surface area contributed by atoms with Crippen molar-refractivity contribution in [1.82, 2.24) is 0 Å². The fourth-order valence-corrected chi connectivity index (χ4v) is 9.56. The van der Waals surface area contributed by atoms with Crippen LogP contribution in [0.15, 0.2) is 35.9 Å². The van der Waals surface area contributed by atoms with E-state index >= 15 is 0 Å². The fraction of sp³-hybridized carbons (Fsp3) is 0.765. The molecule has 1 aromatic carbocycles. The van der Waals surface area contributed by atoms with Crippen LogP contribution in [0.2, 0.25) is 0 Å². The van der Waals surface area contributed by atoms with Gasteiger partial charge in [-0.2, -0.15) is 0 Å². The van der Waals surface area contributed by atoms with Gasteiger partial charge in [-0.05, 0) is 123 Å². The third kappa shape index (κ3) is 4.93. The van der Waals surface area contributed by atoms with Gasteiger partial charge >= 0.3 is 0 Å². The molecule has 1 aromatic rings. The van der Waals surface area contributed by atoms with Crippen LogP contribution < -0.4 is 4.74 Å². The van der Waals surface area contributed by atoms with Crippen LogP contribution in [0.3, 0.4) is 0 Å². The van der Waals surface area contributed by atoms with Crippen LogP contribution >= 0.6 is 0 Å². The molecule has 0 radical (unpaired) electrons. The number of aliphatic hydroxyl groups excluding tert-OH is 1. The Labute approximate surface area is 221 Å². The van der Waals surface area contributed by atoms with E-state index in [1.807, 2.05) is 0 Å². The molecule has 0 aromatic heterocycles. The number of fused-ring (bicyclic) bond motifs is 5. The Morgan fingerprint density at radius 1 is 0.972 bits per heavy atom. The van der Waals surface area contributed by atoms with Crippen molar-refractivity contribution in [3.8, 4) is 5.75 Å². The van der Waals surface area contributed by atoms with Crippen molar-refractivity contribution in [3.05, 3.63) is 41.5 Å². The summed E-state index contributed by atoms with van der Waals surface area (Å²) in [5.74, 6) is 5.98. The molecule has 0 amide bonds. The third-order valence-corrected chi connectivity index (χ3v) is 11.8. The van der Waals surface area contributed by atoms with Gasteiger partial charge < -0.3 is 9.84 Å². The number of rotatable bonds is 8. The molecule has 5 rings (SSSR count). The molecule has 1 N–H and O–H groups in total. The van der Waals surface area contributed by atoms with Crippen LogP contribution in [-0.4, -0.2) is 17.8 Å². The average Bonchev–Trinajstić information content (AvgIpc) is 3.21. The maximum Gasteiger partial charge on any atom is 0.119 e. The molecule has 0 bridgehead atoms. The predicted molar refractivity (Wildman–Crippen MR) is 150 cm³/mol. The number of hydrogen-bond donors (Lipinski definition) is 1. The van der Waals surface area contributed by atoms with Gasteiger partial charge in [-0.3, -0.25) is 0 Å². The summed E-state index contributed by atoms with van der Waals surface area (Å²) in [6.45, 7) is 13.1. The van der Waals surface area contributed by atoms with Crippen LogP contribution in [0.1, 0.15) is 104 Å². The molecular weight excluding hydrogens is 440 g/mol. The van der Waals surface area contributed by atoms with Crippen molar-refractivity contribution < 1.29 is 9.84 Å². The SMILES string of the molecule is Cc1ccc(OCC(C)CCC[C@@H](C)[C@H]2CC[C@H]3[C@@H]4CC=C5C[C@@H](O)CC[C@]5(C)[C@H]4CC[C@]23C)cc1. The third-order valence-electron chi connectivity index (χ3n) is 11.8. The predicted octanol–water partition coefficient (Wildman–Crippen LogP) is 8.76. The molecule has 9 atom stereocenters. The Morgan fingerprint density at radius 3 is 2.53 bits per heavy atom. The molecule has 36 heavy (non-hydrogen) atoms. The Kier molecular flexibility index (Phi) is 7.66. The largest absolute Gasteiger partial charge is 0.493 e. The second-order valence-corrected chi connectivity index (χ2v) is 14.0. The second kappa shape index (κ2) is 10.5. The number of aryl methyl sites for hydroxylation is 1. The first-order valence-electron chi connectivity index (χ1n) is 15.3. The van der Waals surface area contributed by atoms with E-state index < -0.39 is 0 Å². The van der Waals surface area contributed by atoms with E-state index in [-0.39, 0.29) is 6.10 Å². The van der Waals surface area contributed by atoms with Gasteiger partial charge in [0.1, 0.15) is 5.75 Å². The van der Waals surface area contributed by atoms with E-state index in [4.69, 9.17) is 4.74 Å². The Balaban J connectivity index is 1.14.